The van der Waals surface area contributed by atoms with Crippen molar-refractivity contribution in [1.29, 1.82) is 0 Å². The van der Waals surface area contributed by atoms with Gasteiger partial charge in [-0.3, -0.25) is 0 Å². The zero-order chi connectivity index (χ0) is 13.1. The van der Waals surface area contributed by atoms with E-state index in [9.17, 15) is 5.11 Å². The van der Waals surface area contributed by atoms with Gasteiger partial charge >= 0.3 is 0 Å². The lowest BCUT2D eigenvalue weighted by Crippen LogP contribution is -2.36. The van der Waals surface area contributed by atoms with Crippen molar-refractivity contribution in [2.75, 3.05) is 0 Å². The van der Waals surface area contributed by atoms with E-state index >= 15 is 0 Å². The molecular weight excluding hydrogens is 240 g/mol. The van der Waals surface area contributed by atoms with E-state index in [2.05, 4.69) is 5.27 Å². The van der Waals surface area contributed by atoms with E-state index in [4.69, 9.17) is 4.52 Å². The van der Waals surface area contributed by atoms with Gasteiger partial charge in [0.2, 0.25) is 11.4 Å². The maximum Gasteiger partial charge on any atom is 0.244 e. The molecule has 0 spiro atoms. The van der Waals surface area contributed by atoms with Crippen LogP contribution in [0.15, 0.2) is 65.2 Å². The molecule has 0 saturated heterocycles. The van der Waals surface area contributed by atoms with Crippen molar-refractivity contribution in [1.82, 2.24) is 5.27 Å². The largest absolute Gasteiger partial charge is 0.539 e. The first kappa shape index (κ1) is 11.5. The van der Waals surface area contributed by atoms with Gasteiger partial charge in [-0.2, -0.15) is 0 Å². The smallest absolute Gasteiger partial charge is 0.244 e. The molecule has 4 nitrogen and oxygen atoms in total. The lowest BCUT2D eigenvalue weighted by molar-refractivity contribution is -0.677. The van der Waals surface area contributed by atoms with E-state index < -0.39 is 5.95 Å². The summed E-state index contributed by atoms with van der Waals surface area (Å²) < 4.78 is 6.33. The van der Waals surface area contributed by atoms with Gasteiger partial charge in [-0.05, 0) is 10.2 Å². The summed E-state index contributed by atoms with van der Waals surface area (Å²) in [6.45, 7) is 0. The quantitative estimate of drug-likeness (QED) is 0.665. The molecule has 0 fully saturated rings. The average molecular weight is 252 g/mol. The minimum atomic E-state index is -0.396. The highest BCUT2D eigenvalue weighted by Crippen LogP contribution is 2.15. The normalized spacial score (nSPS) is 10.5. The van der Waals surface area contributed by atoms with Gasteiger partial charge in [0, 0.05) is 12.1 Å². The van der Waals surface area contributed by atoms with Crippen LogP contribution in [0, 0.1) is 0 Å². The number of aromatic nitrogens is 2. The maximum absolute atomic E-state index is 11.8. The fraction of sp³-hybridized carbons (Fsp3) is 0.0667. The van der Waals surface area contributed by atoms with Crippen molar-refractivity contribution >= 4 is 0 Å². The third-order valence-electron chi connectivity index (χ3n) is 2.91. The van der Waals surface area contributed by atoms with Crippen LogP contribution in [0.5, 0.6) is 5.95 Å². The zero-order valence-corrected chi connectivity index (χ0v) is 10.2. The van der Waals surface area contributed by atoms with Crippen LogP contribution in [0.3, 0.4) is 0 Å². The fourth-order valence-electron chi connectivity index (χ4n) is 1.97. The highest BCUT2D eigenvalue weighted by atomic mass is 16.6. The molecule has 94 valence electrons. The van der Waals surface area contributed by atoms with Crippen LogP contribution < -0.4 is 9.79 Å². The Balaban J connectivity index is 2.00. The second-order valence-electron chi connectivity index (χ2n) is 4.22. The SMILES string of the molecule is [O-]c1on[n+](-c2ccccc2)c1Cc1ccccc1. The van der Waals surface area contributed by atoms with Crippen LogP contribution >= 0.6 is 0 Å². The van der Waals surface area contributed by atoms with E-state index in [0.717, 1.165) is 11.3 Å². The molecule has 0 atom stereocenters. The van der Waals surface area contributed by atoms with Gasteiger partial charge in [0.05, 0.1) is 11.7 Å². The third-order valence-corrected chi connectivity index (χ3v) is 2.91. The van der Waals surface area contributed by atoms with Crippen molar-refractivity contribution in [2.45, 2.75) is 6.42 Å². The molecule has 0 aliphatic heterocycles. The Kier molecular flexibility index (Phi) is 2.98. The standard InChI is InChI=1S/C15H12N2O2/c18-15-14(11-12-7-3-1-4-8-12)17(16-19-15)13-9-5-2-6-10-13/h1-10H,11H2. The Hall–Kier alpha value is -2.62. The number of rotatable bonds is 3. The molecule has 2 aromatic carbocycles. The monoisotopic (exact) mass is 252 g/mol. The summed E-state index contributed by atoms with van der Waals surface area (Å²) >= 11 is 0. The Morgan fingerprint density at radius 1 is 0.947 bits per heavy atom. The molecule has 3 aromatic rings. The van der Waals surface area contributed by atoms with Crippen molar-refractivity contribution in [3.05, 3.63) is 71.9 Å². The van der Waals surface area contributed by atoms with Crippen LogP contribution in [-0.4, -0.2) is 5.27 Å². The topological polar surface area (TPSA) is 53.0 Å². The van der Waals surface area contributed by atoms with E-state index in [1.807, 2.05) is 60.7 Å². The van der Waals surface area contributed by atoms with Crippen LogP contribution in [0.2, 0.25) is 0 Å². The molecule has 0 saturated carbocycles. The number of para-hydroxylation sites is 1. The number of benzene rings is 2. The van der Waals surface area contributed by atoms with Gasteiger partial charge in [0.25, 0.3) is 0 Å². The molecule has 19 heavy (non-hydrogen) atoms. The van der Waals surface area contributed by atoms with E-state index in [-0.39, 0.29) is 0 Å². The maximum atomic E-state index is 11.8. The minimum absolute atomic E-state index is 0.396. The highest BCUT2D eigenvalue weighted by molar-refractivity contribution is 5.25. The second-order valence-corrected chi connectivity index (χ2v) is 4.22. The Morgan fingerprint density at radius 3 is 2.26 bits per heavy atom. The summed E-state index contributed by atoms with van der Waals surface area (Å²) in [6, 6.07) is 19.3. The Labute approximate surface area is 110 Å². The van der Waals surface area contributed by atoms with Gasteiger partial charge in [0.1, 0.15) is 0 Å². The molecule has 0 aliphatic rings. The van der Waals surface area contributed by atoms with Crippen LogP contribution in [0.4, 0.5) is 0 Å². The molecule has 4 heteroatoms. The zero-order valence-electron chi connectivity index (χ0n) is 10.2. The van der Waals surface area contributed by atoms with Gasteiger partial charge in [-0.25, -0.2) is 0 Å². The first-order valence-corrected chi connectivity index (χ1v) is 6.02. The third kappa shape index (κ3) is 2.33. The van der Waals surface area contributed by atoms with E-state index in [1.54, 1.807) is 4.68 Å². The number of hydrogen-bond acceptors (Lipinski definition) is 3. The van der Waals surface area contributed by atoms with Gasteiger partial charge in [0.15, 0.2) is 5.95 Å². The van der Waals surface area contributed by atoms with E-state index in [1.165, 1.54) is 0 Å². The molecule has 1 aromatic heterocycles. The van der Waals surface area contributed by atoms with Gasteiger partial charge in [-0.15, -0.1) is 0 Å². The van der Waals surface area contributed by atoms with E-state index in [0.29, 0.717) is 12.1 Å². The molecule has 3 rings (SSSR count). The summed E-state index contributed by atoms with van der Waals surface area (Å²) in [5.74, 6) is -0.396. The van der Waals surface area contributed by atoms with Crippen LogP contribution in [0.1, 0.15) is 11.3 Å². The van der Waals surface area contributed by atoms with Crippen LogP contribution in [-0.2, 0) is 6.42 Å². The lowest BCUT2D eigenvalue weighted by Gasteiger charge is -1.99. The van der Waals surface area contributed by atoms with Crippen molar-refractivity contribution < 1.29 is 14.3 Å². The molecule has 0 amide bonds. The van der Waals surface area contributed by atoms with Gasteiger partial charge < -0.3 is 9.63 Å². The second kappa shape index (κ2) is 4.94. The Bertz CT molecular complexity index is 663. The van der Waals surface area contributed by atoms with Crippen molar-refractivity contribution in [3.8, 4) is 11.6 Å². The predicted molar refractivity (Wildman–Crippen MR) is 66.7 cm³/mol. The molecule has 0 unspecified atom stereocenters. The number of nitrogens with zero attached hydrogens (tertiary/aromatic N) is 2. The fourth-order valence-corrected chi connectivity index (χ4v) is 1.97. The molecule has 0 radical (unpaired) electrons. The lowest BCUT2D eigenvalue weighted by atomic mass is 10.1. The minimum Gasteiger partial charge on any atom is -0.539 e. The average Bonchev–Trinajstić information content (AvgIpc) is 2.82. The summed E-state index contributed by atoms with van der Waals surface area (Å²) in [5.41, 5.74) is 2.39. The highest BCUT2D eigenvalue weighted by Gasteiger charge is 2.19. The first-order chi connectivity index (χ1) is 9.34. The molecule has 0 bridgehead atoms. The molecule has 0 N–H and O–H groups in total. The Morgan fingerprint density at radius 2 is 1.58 bits per heavy atom. The van der Waals surface area contributed by atoms with Crippen molar-refractivity contribution in [2.24, 2.45) is 0 Å². The van der Waals surface area contributed by atoms with Crippen LogP contribution in [0.25, 0.3) is 5.69 Å². The predicted octanol–water partition coefficient (Wildman–Crippen LogP) is 1.62. The summed E-state index contributed by atoms with van der Waals surface area (Å²) in [4.78, 5) is 0. The molecule has 1 heterocycles. The van der Waals surface area contributed by atoms with Gasteiger partial charge in [-0.1, -0.05) is 48.5 Å². The summed E-state index contributed by atoms with van der Waals surface area (Å²) in [7, 11) is 0. The summed E-state index contributed by atoms with van der Waals surface area (Å²) in [6.07, 6.45) is 0.498. The molecule has 0 aliphatic carbocycles. The summed E-state index contributed by atoms with van der Waals surface area (Å²) in [5, 5.41) is 15.6. The molecular formula is C15H12N2O2. The van der Waals surface area contributed by atoms with Crippen molar-refractivity contribution in [3.63, 3.8) is 0 Å². The first-order valence-electron chi connectivity index (χ1n) is 6.02. The number of hydrogen-bond donors (Lipinski definition) is 0.